The number of carbonyl (C=O) groups excluding carboxylic acids is 1. The monoisotopic (exact) mass is 486 g/mol. The Hall–Kier alpha value is -3.73. The second-order valence-corrected chi connectivity index (χ2v) is 7.95. The summed E-state index contributed by atoms with van der Waals surface area (Å²) in [5, 5.41) is 5.78. The van der Waals surface area contributed by atoms with E-state index in [9.17, 15) is 18.0 Å². The van der Waals surface area contributed by atoms with Crippen LogP contribution >= 0.6 is 0 Å². The highest BCUT2D eigenvalue weighted by atomic mass is 19.4. The Kier molecular flexibility index (Phi) is 7.15. The first-order valence-electron chi connectivity index (χ1n) is 11.2. The van der Waals surface area contributed by atoms with Crippen molar-refractivity contribution in [3.63, 3.8) is 0 Å². The number of halogens is 3. The van der Waals surface area contributed by atoms with Gasteiger partial charge in [0.1, 0.15) is 5.82 Å². The maximum Gasteiger partial charge on any atom is 0.416 e. The average Bonchev–Trinajstić information content (AvgIpc) is 2.85. The van der Waals surface area contributed by atoms with Crippen molar-refractivity contribution < 1.29 is 22.7 Å². The number of benzene rings is 1. The lowest BCUT2D eigenvalue weighted by Crippen LogP contribution is -2.37. The number of hydrogen-bond donors (Lipinski definition) is 2. The Labute approximate surface area is 200 Å². The molecule has 184 valence electrons. The molecule has 0 atom stereocenters. The summed E-state index contributed by atoms with van der Waals surface area (Å²) in [7, 11) is 0. The van der Waals surface area contributed by atoms with Gasteiger partial charge in [-0.3, -0.25) is 9.78 Å². The Balaban J connectivity index is 1.64. The number of hydrogen-bond acceptors (Lipinski definition) is 7. The summed E-state index contributed by atoms with van der Waals surface area (Å²) in [4.78, 5) is 28.4. The predicted octanol–water partition coefficient (Wildman–Crippen LogP) is 4.39. The first kappa shape index (κ1) is 24.4. The average molecular weight is 486 g/mol. The SMILES string of the molecule is CCNc1nc(-c2cc(NC(=O)c3cccc(C(F)(F)F)c3)cnc2C)cc(N2CCOCC2)n1. The highest BCUT2D eigenvalue weighted by Crippen LogP contribution is 2.30. The van der Waals surface area contributed by atoms with Gasteiger partial charge in [-0.15, -0.1) is 0 Å². The van der Waals surface area contributed by atoms with Gasteiger partial charge in [-0.05, 0) is 38.1 Å². The van der Waals surface area contributed by atoms with Gasteiger partial charge in [0.2, 0.25) is 5.95 Å². The molecule has 35 heavy (non-hydrogen) atoms. The Morgan fingerprint density at radius 1 is 1.14 bits per heavy atom. The van der Waals surface area contributed by atoms with Crippen LogP contribution < -0.4 is 15.5 Å². The molecule has 4 rings (SSSR count). The molecule has 3 heterocycles. The summed E-state index contributed by atoms with van der Waals surface area (Å²) in [5.74, 6) is 0.536. The minimum Gasteiger partial charge on any atom is -0.378 e. The van der Waals surface area contributed by atoms with E-state index in [0.717, 1.165) is 18.0 Å². The van der Waals surface area contributed by atoms with Crippen LogP contribution in [0.1, 0.15) is 28.5 Å². The van der Waals surface area contributed by atoms with Crippen molar-refractivity contribution in [2.45, 2.75) is 20.0 Å². The fraction of sp³-hybridized carbons (Fsp3) is 0.333. The molecular formula is C24H25F3N6O2. The number of rotatable bonds is 6. The largest absolute Gasteiger partial charge is 0.416 e. The smallest absolute Gasteiger partial charge is 0.378 e. The number of nitrogens with one attached hydrogen (secondary N) is 2. The van der Waals surface area contributed by atoms with Crippen molar-refractivity contribution in [2.24, 2.45) is 0 Å². The minimum absolute atomic E-state index is 0.104. The van der Waals surface area contributed by atoms with Gasteiger partial charge in [0.15, 0.2) is 0 Å². The topological polar surface area (TPSA) is 92.3 Å². The van der Waals surface area contributed by atoms with E-state index in [1.807, 2.05) is 19.9 Å². The van der Waals surface area contributed by atoms with Crippen molar-refractivity contribution in [1.29, 1.82) is 0 Å². The molecule has 2 aromatic heterocycles. The Morgan fingerprint density at radius 2 is 1.91 bits per heavy atom. The van der Waals surface area contributed by atoms with Crippen LogP contribution in [0.5, 0.6) is 0 Å². The highest BCUT2D eigenvalue weighted by molar-refractivity contribution is 6.04. The van der Waals surface area contributed by atoms with Crippen LogP contribution in [0, 0.1) is 6.92 Å². The molecule has 8 nitrogen and oxygen atoms in total. The molecule has 0 unspecified atom stereocenters. The molecule has 1 aliphatic rings. The second-order valence-electron chi connectivity index (χ2n) is 7.95. The normalized spacial score (nSPS) is 14.0. The number of anilines is 3. The predicted molar refractivity (Wildman–Crippen MR) is 127 cm³/mol. The quantitative estimate of drug-likeness (QED) is 0.534. The van der Waals surface area contributed by atoms with Gasteiger partial charge in [0, 0.05) is 42.5 Å². The van der Waals surface area contributed by atoms with E-state index >= 15 is 0 Å². The number of amides is 1. The molecule has 11 heteroatoms. The van der Waals surface area contributed by atoms with Gasteiger partial charge < -0.3 is 20.3 Å². The fourth-order valence-electron chi connectivity index (χ4n) is 3.66. The second kappa shape index (κ2) is 10.3. The van der Waals surface area contributed by atoms with E-state index in [2.05, 4.69) is 30.5 Å². The van der Waals surface area contributed by atoms with Crippen LogP contribution in [0.2, 0.25) is 0 Å². The van der Waals surface area contributed by atoms with Gasteiger partial charge in [0.05, 0.1) is 36.4 Å². The number of morpholine rings is 1. The number of ether oxygens (including phenoxy) is 1. The van der Waals surface area contributed by atoms with Gasteiger partial charge in [-0.1, -0.05) is 6.07 Å². The van der Waals surface area contributed by atoms with E-state index in [1.165, 1.54) is 18.3 Å². The zero-order valence-corrected chi connectivity index (χ0v) is 19.3. The molecule has 1 fully saturated rings. The standard InChI is InChI=1S/C24H25F3N6O2/c1-3-28-23-31-20(13-21(32-23)33-7-9-35-10-8-33)19-12-18(14-29-15(19)2)30-22(34)16-5-4-6-17(11-16)24(25,26)27/h4-6,11-14H,3,7-10H2,1-2H3,(H,30,34)(H,28,31,32). The van der Waals surface area contributed by atoms with Gasteiger partial charge in [-0.25, -0.2) is 4.98 Å². The third-order valence-corrected chi connectivity index (χ3v) is 5.46. The molecule has 1 amide bonds. The lowest BCUT2D eigenvalue weighted by Gasteiger charge is -2.28. The number of carbonyl (C=O) groups is 1. The lowest BCUT2D eigenvalue weighted by molar-refractivity contribution is -0.137. The van der Waals surface area contributed by atoms with Crippen LogP contribution in [0.3, 0.4) is 0 Å². The summed E-state index contributed by atoms with van der Waals surface area (Å²) in [6.45, 7) is 7.01. The fourth-order valence-corrected chi connectivity index (χ4v) is 3.66. The van der Waals surface area contributed by atoms with Crippen molar-refractivity contribution in [2.75, 3.05) is 48.4 Å². The number of alkyl halides is 3. The summed E-state index contributed by atoms with van der Waals surface area (Å²) in [6, 6.07) is 7.83. The molecule has 0 aliphatic carbocycles. The number of aryl methyl sites for hydroxylation is 1. The Bertz CT molecular complexity index is 1210. The third-order valence-electron chi connectivity index (χ3n) is 5.46. The number of pyridine rings is 1. The number of nitrogens with zero attached hydrogens (tertiary/aromatic N) is 4. The van der Waals surface area contributed by atoms with E-state index in [4.69, 9.17) is 4.74 Å². The summed E-state index contributed by atoms with van der Waals surface area (Å²) >= 11 is 0. The maximum absolute atomic E-state index is 13.0. The molecule has 1 aromatic carbocycles. The first-order chi connectivity index (χ1) is 16.7. The van der Waals surface area contributed by atoms with Crippen LogP contribution in [0.15, 0.2) is 42.6 Å². The molecule has 1 saturated heterocycles. The third kappa shape index (κ3) is 5.86. The summed E-state index contributed by atoms with van der Waals surface area (Å²) < 4.78 is 44.5. The highest BCUT2D eigenvalue weighted by Gasteiger charge is 2.31. The van der Waals surface area contributed by atoms with Crippen molar-refractivity contribution >= 4 is 23.4 Å². The summed E-state index contributed by atoms with van der Waals surface area (Å²) in [5.41, 5.74) is 1.30. The van der Waals surface area contributed by atoms with Gasteiger partial charge in [-0.2, -0.15) is 18.2 Å². The van der Waals surface area contributed by atoms with Crippen LogP contribution in [-0.4, -0.2) is 53.7 Å². The van der Waals surface area contributed by atoms with Crippen LogP contribution in [-0.2, 0) is 10.9 Å². The van der Waals surface area contributed by atoms with Gasteiger partial charge in [0.25, 0.3) is 5.91 Å². The number of aromatic nitrogens is 3. The molecular weight excluding hydrogens is 461 g/mol. The van der Waals surface area contributed by atoms with Gasteiger partial charge >= 0.3 is 6.18 Å². The van der Waals surface area contributed by atoms with E-state index < -0.39 is 17.6 Å². The first-order valence-corrected chi connectivity index (χ1v) is 11.2. The molecule has 0 bridgehead atoms. The summed E-state index contributed by atoms with van der Waals surface area (Å²) in [6.07, 6.45) is -3.08. The minimum atomic E-state index is -4.54. The molecule has 1 aliphatic heterocycles. The molecule has 0 spiro atoms. The zero-order valence-electron chi connectivity index (χ0n) is 19.3. The van der Waals surface area contributed by atoms with E-state index in [-0.39, 0.29) is 5.56 Å². The van der Waals surface area contributed by atoms with Crippen molar-refractivity contribution in [3.05, 3.63) is 59.4 Å². The molecule has 3 aromatic rings. The van der Waals surface area contributed by atoms with E-state index in [1.54, 1.807) is 6.07 Å². The zero-order chi connectivity index (χ0) is 25.0. The Morgan fingerprint density at radius 3 is 2.63 bits per heavy atom. The lowest BCUT2D eigenvalue weighted by atomic mass is 10.1. The molecule has 0 radical (unpaired) electrons. The molecule has 0 saturated carbocycles. The van der Waals surface area contributed by atoms with E-state index in [0.29, 0.717) is 61.4 Å². The van der Waals surface area contributed by atoms with Crippen LogP contribution in [0.25, 0.3) is 11.3 Å². The van der Waals surface area contributed by atoms with Crippen molar-refractivity contribution in [1.82, 2.24) is 15.0 Å². The maximum atomic E-state index is 13.0. The van der Waals surface area contributed by atoms with Crippen molar-refractivity contribution in [3.8, 4) is 11.3 Å². The van der Waals surface area contributed by atoms with Crippen LogP contribution in [0.4, 0.5) is 30.6 Å². The molecule has 2 N–H and O–H groups in total.